The molecule has 14 nitrogen and oxygen atoms in total. The summed E-state index contributed by atoms with van der Waals surface area (Å²) in [7, 11) is 0. The molecule has 3 atom stereocenters. The molecule has 11 N–H and O–H groups in total. The molecule has 5 amide bonds. The Labute approximate surface area is 211 Å². The summed E-state index contributed by atoms with van der Waals surface area (Å²) in [5.74, 6) is -5.19. The molecule has 0 aliphatic rings. The molecular weight excluding hydrogens is 486 g/mol. The molecule has 1 aromatic carbocycles. The van der Waals surface area contributed by atoms with Gasteiger partial charge < -0.3 is 43.2 Å². The van der Waals surface area contributed by atoms with Gasteiger partial charge in [-0.1, -0.05) is 18.2 Å². The Bertz CT molecular complexity index is 1160. The van der Waals surface area contributed by atoms with Gasteiger partial charge in [0.1, 0.15) is 12.1 Å². The number of primary amides is 2. The highest BCUT2D eigenvalue weighted by Crippen LogP contribution is 2.18. The third-order valence-electron chi connectivity index (χ3n) is 5.50. The SMILES string of the molecule is NC(=O)CCC(NC(=O)C(CCC(N)=O)NC(=O)CNC(=O)C(N)Cc1c[nH]c2ccccc12)C(=O)O. The molecule has 0 aliphatic carbocycles. The van der Waals surface area contributed by atoms with E-state index in [-0.39, 0.29) is 32.1 Å². The monoisotopic (exact) mass is 517 g/mol. The fourth-order valence-electron chi connectivity index (χ4n) is 3.55. The molecule has 2 aromatic rings. The van der Waals surface area contributed by atoms with Crippen LogP contribution in [0.25, 0.3) is 10.9 Å². The van der Waals surface area contributed by atoms with Crippen molar-refractivity contribution in [3.05, 3.63) is 36.0 Å². The number of para-hydroxylation sites is 1. The highest BCUT2D eigenvalue weighted by molar-refractivity contribution is 5.93. The number of fused-ring (bicyclic) bond motifs is 1. The third-order valence-corrected chi connectivity index (χ3v) is 5.50. The van der Waals surface area contributed by atoms with Gasteiger partial charge in [0.15, 0.2) is 0 Å². The maximum atomic E-state index is 12.6. The number of H-pyrrole nitrogens is 1. The zero-order valence-electron chi connectivity index (χ0n) is 20.0. The average molecular weight is 518 g/mol. The minimum Gasteiger partial charge on any atom is -0.480 e. The number of hydrogen-bond donors (Lipinski definition) is 8. The molecule has 0 bridgehead atoms. The first-order chi connectivity index (χ1) is 17.5. The highest BCUT2D eigenvalue weighted by atomic mass is 16.4. The van der Waals surface area contributed by atoms with Crippen LogP contribution in [-0.2, 0) is 35.2 Å². The van der Waals surface area contributed by atoms with Crippen molar-refractivity contribution in [2.45, 2.75) is 50.2 Å². The fraction of sp³-hybridized carbons (Fsp3) is 0.391. The number of aromatic amines is 1. The second kappa shape index (κ2) is 13.6. The standard InChI is InChI=1S/C23H31N7O7/c24-14(9-12-10-27-15-4-2-1-3-13(12)15)21(34)28-11-20(33)29-16(5-7-18(25)31)22(35)30-17(23(36)37)6-8-19(26)32/h1-4,10,14,16-17,27H,5-9,11,24H2,(H2,25,31)(H2,26,32)(H,28,34)(H,29,33)(H,30,35)(H,36,37). The van der Waals surface area contributed by atoms with Crippen molar-refractivity contribution in [3.63, 3.8) is 0 Å². The average Bonchev–Trinajstić information content (AvgIpc) is 3.24. The van der Waals surface area contributed by atoms with Crippen LogP contribution in [0.4, 0.5) is 0 Å². The minimum atomic E-state index is -1.45. The molecule has 0 spiro atoms. The van der Waals surface area contributed by atoms with Crippen molar-refractivity contribution in [2.75, 3.05) is 6.54 Å². The number of benzene rings is 1. The van der Waals surface area contributed by atoms with Crippen molar-refractivity contribution in [1.29, 1.82) is 0 Å². The largest absolute Gasteiger partial charge is 0.480 e. The number of amides is 5. The lowest BCUT2D eigenvalue weighted by molar-refractivity contribution is -0.142. The van der Waals surface area contributed by atoms with Gasteiger partial charge in [0.2, 0.25) is 29.5 Å². The van der Waals surface area contributed by atoms with Gasteiger partial charge in [-0.15, -0.1) is 0 Å². The Morgan fingerprint density at radius 3 is 2.14 bits per heavy atom. The van der Waals surface area contributed by atoms with Crippen LogP contribution in [0.5, 0.6) is 0 Å². The predicted molar refractivity (Wildman–Crippen MR) is 131 cm³/mol. The van der Waals surface area contributed by atoms with E-state index in [4.69, 9.17) is 17.2 Å². The van der Waals surface area contributed by atoms with Crippen molar-refractivity contribution >= 4 is 46.4 Å². The molecule has 0 fully saturated rings. The van der Waals surface area contributed by atoms with Crippen molar-refractivity contribution in [2.24, 2.45) is 17.2 Å². The third kappa shape index (κ3) is 9.25. The van der Waals surface area contributed by atoms with E-state index in [1.165, 1.54) is 0 Å². The van der Waals surface area contributed by atoms with Gasteiger partial charge in [-0.2, -0.15) is 0 Å². The second-order valence-electron chi connectivity index (χ2n) is 8.42. The molecule has 200 valence electrons. The summed E-state index contributed by atoms with van der Waals surface area (Å²) in [6.45, 7) is -0.523. The Hall–Kier alpha value is -4.46. The summed E-state index contributed by atoms with van der Waals surface area (Å²) in [5.41, 5.74) is 17.9. The van der Waals surface area contributed by atoms with E-state index in [1.807, 2.05) is 24.3 Å². The Kier molecular flexibility index (Phi) is 10.6. The number of rotatable bonds is 15. The molecule has 2 rings (SSSR count). The first-order valence-corrected chi connectivity index (χ1v) is 11.4. The lowest BCUT2D eigenvalue weighted by atomic mass is 10.1. The molecule has 0 aliphatic heterocycles. The summed E-state index contributed by atoms with van der Waals surface area (Å²) >= 11 is 0. The van der Waals surface area contributed by atoms with Crippen LogP contribution in [0.15, 0.2) is 30.5 Å². The molecule has 0 saturated carbocycles. The van der Waals surface area contributed by atoms with Gasteiger partial charge >= 0.3 is 5.97 Å². The predicted octanol–water partition coefficient (Wildman–Crippen LogP) is -2.26. The summed E-state index contributed by atoms with van der Waals surface area (Å²) in [6.07, 6.45) is 0.906. The lowest BCUT2D eigenvalue weighted by Crippen LogP contribution is -2.54. The number of nitrogens with two attached hydrogens (primary N) is 3. The Balaban J connectivity index is 1.94. The van der Waals surface area contributed by atoms with E-state index < -0.39 is 60.2 Å². The molecule has 1 heterocycles. The van der Waals surface area contributed by atoms with Crippen molar-refractivity contribution in [3.8, 4) is 0 Å². The smallest absolute Gasteiger partial charge is 0.326 e. The normalized spacial score (nSPS) is 13.2. The van der Waals surface area contributed by atoms with E-state index in [2.05, 4.69) is 20.9 Å². The molecule has 3 unspecified atom stereocenters. The zero-order valence-corrected chi connectivity index (χ0v) is 20.0. The van der Waals surface area contributed by atoms with E-state index in [0.29, 0.717) is 0 Å². The highest BCUT2D eigenvalue weighted by Gasteiger charge is 2.27. The van der Waals surface area contributed by atoms with Crippen LogP contribution in [-0.4, -0.2) is 70.3 Å². The van der Waals surface area contributed by atoms with Crippen LogP contribution in [0.3, 0.4) is 0 Å². The summed E-state index contributed by atoms with van der Waals surface area (Å²) in [4.78, 5) is 74.1. The fourth-order valence-corrected chi connectivity index (χ4v) is 3.55. The molecule has 37 heavy (non-hydrogen) atoms. The molecule has 14 heteroatoms. The van der Waals surface area contributed by atoms with Crippen LogP contribution in [0, 0.1) is 0 Å². The van der Waals surface area contributed by atoms with Crippen LogP contribution < -0.4 is 33.2 Å². The van der Waals surface area contributed by atoms with E-state index in [1.54, 1.807) is 6.20 Å². The van der Waals surface area contributed by atoms with Crippen LogP contribution >= 0.6 is 0 Å². The molecular formula is C23H31N7O7. The van der Waals surface area contributed by atoms with Gasteiger partial charge in [0, 0.05) is 29.9 Å². The number of carbonyl (C=O) groups is 6. The van der Waals surface area contributed by atoms with Crippen LogP contribution in [0.1, 0.15) is 31.2 Å². The first kappa shape index (κ1) is 28.8. The maximum absolute atomic E-state index is 12.6. The van der Waals surface area contributed by atoms with E-state index in [0.717, 1.165) is 16.5 Å². The van der Waals surface area contributed by atoms with Crippen molar-refractivity contribution in [1.82, 2.24) is 20.9 Å². The number of aliphatic carboxylic acids is 1. The second-order valence-corrected chi connectivity index (χ2v) is 8.42. The summed E-state index contributed by atoms with van der Waals surface area (Å²) < 4.78 is 0. The number of nitrogens with one attached hydrogen (secondary N) is 4. The topological polar surface area (TPSA) is 253 Å². The number of hydrogen-bond acceptors (Lipinski definition) is 7. The van der Waals surface area contributed by atoms with Gasteiger partial charge in [0.05, 0.1) is 12.6 Å². The maximum Gasteiger partial charge on any atom is 0.326 e. The zero-order chi connectivity index (χ0) is 27.5. The van der Waals surface area contributed by atoms with Crippen LogP contribution in [0.2, 0.25) is 0 Å². The molecule has 0 saturated heterocycles. The number of carboxylic acids is 1. The number of carboxylic acid groups (broad SMARTS) is 1. The molecule has 0 radical (unpaired) electrons. The molecule has 1 aromatic heterocycles. The number of aromatic nitrogens is 1. The summed E-state index contributed by atoms with van der Waals surface area (Å²) in [5, 5.41) is 17.1. The van der Waals surface area contributed by atoms with Gasteiger partial charge in [-0.05, 0) is 30.9 Å². The summed E-state index contributed by atoms with van der Waals surface area (Å²) in [6, 6.07) is 3.77. The quantitative estimate of drug-likeness (QED) is 0.128. The van der Waals surface area contributed by atoms with Gasteiger partial charge in [-0.3, -0.25) is 24.0 Å². The van der Waals surface area contributed by atoms with Gasteiger partial charge in [0.25, 0.3) is 0 Å². The lowest BCUT2D eigenvalue weighted by Gasteiger charge is -2.21. The van der Waals surface area contributed by atoms with Gasteiger partial charge in [-0.25, -0.2) is 4.79 Å². The Morgan fingerprint density at radius 1 is 0.892 bits per heavy atom. The Morgan fingerprint density at radius 2 is 1.51 bits per heavy atom. The van der Waals surface area contributed by atoms with Crippen molar-refractivity contribution < 1.29 is 33.9 Å². The minimum absolute atomic E-state index is 0.211. The van der Waals surface area contributed by atoms with E-state index >= 15 is 0 Å². The first-order valence-electron chi connectivity index (χ1n) is 11.4. The number of carbonyl (C=O) groups excluding carboxylic acids is 5. The van der Waals surface area contributed by atoms with E-state index in [9.17, 15) is 33.9 Å².